The van der Waals surface area contributed by atoms with E-state index >= 15 is 0 Å². The molecule has 224 valence electrons. The molecule has 43 heavy (non-hydrogen) atoms. The molecule has 0 fully saturated rings. The molecule has 0 bridgehead atoms. The Bertz CT molecular complexity index is 1600. The van der Waals surface area contributed by atoms with Crippen molar-refractivity contribution in [3.8, 4) is 0 Å². The molecule has 1 N–H and O–H groups in total. The number of anilines is 1. The van der Waals surface area contributed by atoms with Crippen LogP contribution in [0.3, 0.4) is 0 Å². The van der Waals surface area contributed by atoms with Crippen molar-refractivity contribution in [3.63, 3.8) is 0 Å². The molecule has 2 atom stereocenters. The van der Waals surface area contributed by atoms with E-state index in [1.807, 2.05) is 93.6 Å². The van der Waals surface area contributed by atoms with Gasteiger partial charge in [-0.15, -0.1) is 0 Å². The highest BCUT2D eigenvalue weighted by Crippen LogP contribution is 2.27. The zero-order valence-corrected chi connectivity index (χ0v) is 25.7. The molecule has 4 aromatic carbocycles. The van der Waals surface area contributed by atoms with E-state index in [4.69, 9.17) is 0 Å². The fourth-order valence-electron chi connectivity index (χ4n) is 4.85. The fraction of sp³-hybridized carbons (Fsp3) is 0.257. The Kier molecular flexibility index (Phi) is 10.7. The van der Waals surface area contributed by atoms with E-state index < -0.39 is 28.5 Å². The number of aryl methyl sites for hydroxylation is 1. The third-order valence-electron chi connectivity index (χ3n) is 7.46. The first-order valence-corrected chi connectivity index (χ1v) is 16.0. The van der Waals surface area contributed by atoms with Crippen molar-refractivity contribution in [1.29, 1.82) is 0 Å². The van der Waals surface area contributed by atoms with E-state index in [9.17, 15) is 18.0 Å². The normalized spacial score (nSPS) is 12.6. The molecule has 0 aliphatic rings. The van der Waals surface area contributed by atoms with Crippen molar-refractivity contribution in [2.45, 2.75) is 57.1 Å². The van der Waals surface area contributed by atoms with Crippen LogP contribution in [0.4, 0.5) is 5.69 Å². The summed E-state index contributed by atoms with van der Waals surface area (Å²) in [6.45, 7) is 5.38. The summed E-state index contributed by atoms with van der Waals surface area (Å²) in [5, 5.41) is 3.06. The second kappa shape index (κ2) is 14.6. The molecule has 0 aliphatic heterocycles. The van der Waals surface area contributed by atoms with Gasteiger partial charge in [-0.05, 0) is 55.2 Å². The van der Waals surface area contributed by atoms with Crippen molar-refractivity contribution in [2.24, 2.45) is 0 Å². The van der Waals surface area contributed by atoms with Gasteiger partial charge in [-0.25, -0.2) is 8.42 Å². The lowest BCUT2D eigenvalue weighted by atomic mass is 10.0. The molecule has 0 aromatic heterocycles. The number of carbonyl (C=O) groups excluding carboxylic acids is 2. The Morgan fingerprint density at radius 1 is 0.767 bits per heavy atom. The van der Waals surface area contributed by atoms with Crippen LogP contribution in [-0.4, -0.2) is 43.8 Å². The Balaban J connectivity index is 1.79. The first-order chi connectivity index (χ1) is 20.7. The van der Waals surface area contributed by atoms with Gasteiger partial charge in [-0.1, -0.05) is 104 Å². The van der Waals surface area contributed by atoms with Gasteiger partial charge in [0.25, 0.3) is 10.0 Å². The largest absolute Gasteiger partial charge is 0.352 e. The molecule has 0 radical (unpaired) electrons. The fourth-order valence-corrected chi connectivity index (χ4v) is 6.35. The van der Waals surface area contributed by atoms with Gasteiger partial charge in [0.05, 0.1) is 10.6 Å². The van der Waals surface area contributed by atoms with Crippen LogP contribution in [0.1, 0.15) is 37.0 Å². The first-order valence-electron chi connectivity index (χ1n) is 14.5. The number of nitrogens with one attached hydrogen (secondary N) is 1. The lowest BCUT2D eigenvalue weighted by Gasteiger charge is -2.34. The number of amides is 2. The van der Waals surface area contributed by atoms with Crippen LogP contribution in [0.15, 0.2) is 120 Å². The van der Waals surface area contributed by atoms with E-state index in [-0.39, 0.29) is 29.8 Å². The number of hydrogen-bond donors (Lipinski definition) is 1. The second-order valence-electron chi connectivity index (χ2n) is 10.6. The van der Waals surface area contributed by atoms with Crippen LogP contribution in [0.2, 0.25) is 0 Å². The van der Waals surface area contributed by atoms with Crippen LogP contribution in [0, 0.1) is 6.92 Å². The van der Waals surface area contributed by atoms with Gasteiger partial charge in [-0.2, -0.15) is 0 Å². The van der Waals surface area contributed by atoms with Gasteiger partial charge in [0.2, 0.25) is 11.8 Å². The van der Waals surface area contributed by atoms with Crippen LogP contribution in [-0.2, 0) is 32.6 Å². The molecule has 8 heteroatoms. The van der Waals surface area contributed by atoms with Crippen molar-refractivity contribution >= 4 is 27.5 Å². The molecule has 4 aromatic rings. The van der Waals surface area contributed by atoms with Gasteiger partial charge < -0.3 is 10.2 Å². The molecule has 0 heterocycles. The summed E-state index contributed by atoms with van der Waals surface area (Å²) in [5.74, 6) is -0.761. The SMILES string of the molecule is CC[C@H](C)NC(=O)[C@H](Cc1ccccc1)N(Cc1ccccc1)C(=O)CN(c1ccccc1C)S(=O)(=O)c1ccccc1. The molecular weight excluding hydrogens is 558 g/mol. The lowest BCUT2D eigenvalue weighted by molar-refractivity contribution is -0.140. The molecule has 7 nitrogen and oxygen atoms in total. The van der Waals surface area contributed by atoms with E-state index in [1.165, 1.54) is 17.0 Å². The number of rotatable bonds is 13. The summed E-state index contributed by atoms with van der Waals surface area (Å²) in [4.78, 5) is 29.9. The first kappa shape index (κ1) is 31.5. The highest BCUT2D eigenvalue weighted by Gasteiger charge is 2.35. The maximum absolute atomic E-state index is 14.5. The summed E-state index contributed by atoms with van der Waals surface area (Å²) in [7, 11) is -4.12. The summed E-state index contributed by atoms with van der Waals surface area (Å²) in [5.41, 5.74) is 2.84. The number of hydrogen-bond acceptors (Lipinski definition) is 4. The Morgan fingerprint density at radius 2 is 1.30 bits per heavy atom. The third kappa shape index (κ3) is 8.11. The van der Waals surface area contributed by atoms with Crippen LogP contribution < -0.4 is 9.62 Å². The summed E-state index contributed by atoms with van der Waals surface area (Å²) in [6.07, 6.45) is 1.00. The van der Waals surface area contributed by atoms with Crippen LogP contribution in [0.5, 0.6) is 0 Å². The highest BCUT2D eigenvalue weighted by atomic mass is 32.2. The quantitative estimate of drug-likeness (QED) is 0.213. The minimum Gasteiger partial charge on any atom is -0.352 e. The summed E-state index contributed by atoms with van der Waals surface area (Å²) >= 11 is 0. The molecule has 0 saturated carbocycles. The van der Waals surface area contributed by atoms with Gasteiger partial charge in [0.15, 0.2) is 0 Å². The average Bonchev–Trinajstić information content (AvgIpc) is 3.03. The molecule has 0 aliphatic carbocycles. The Hall–Kier alpha value is -4.43. The number of para-hydroxylation sites is 1. The molecule has 0 unspecified atom stereocenters. The van der Waals surface area contributed by atoms with Gasteiger partial charge in [0, 0.05) is 19.0 Å². The Morgan fingerprint density at radius 3 is 1.88 bits per heavy atom. The van der Waals surface area contributed by atoms with Gasteiger partial charge in [0.1, 0.15) is 12.6 Å². The maximum Gasteiger partial charge on any atom is 0.264 e. The minimum absolute atomic E-state index is 0.0796. The predicted octanol–water partition coefficient (Wildman–Crippen LogP) is 5.75. The average molecular weight is 598 g/mol. The highest BCUT2D eigenvalue weighted by molar-refractivity contribution is 7.92. The van der Waals surface area contributed by atoms with Crippen molar-refractivity contribution < 1.29 is 18.0 Å². The number of nitrogens with zero attached hydrogens (tertiary/aromatic N) is 2. The zero-order valence-electron chi connectivity index (χ0n) is 24.9. The summed E-state index contributed by atoms with van der Waals surface area (Å²) < 4.78 is 29.3. The van der Waals surface area contributed by atoms with Crippen molar-refractivity contribution in [2.75, 3.05) is 10.8 Å². The maximum atomic E-state index is 14.5. The van der Waals surface area contributed by atoms with Crippen molar-refractivity contribution in [3.05, 3.63) is 132 Å². The van der Waals surface area contributed by atoms with E-state index in [1.54, 1.807) is 30.3 Å². The third-order valence-corrected chi connectivity index (χ3v) is 9.24. The topological polar surface area (TPSA) is 86.8 Å². The minimum atomic E-state index is -4.12. The predicted molar refractivity (Wildman–Crippen MR) is 171 cm³/mol. The van der Waals surface area contributed by atoms with E-state index in [2.05, 4.69) is 5.32 Å². The standard InChI is InChI=1S/C35H39N3O4S/c1-4-28(3)36-35(40)33(24-29-17-8-5-9-18-29)37(25-30-19-10-6-11-20-30)34(39)26-38(32-23-15-14-16-27(32)2)43(41,42)31-21-12-7-13-22-31/h5-23,28,33H,4,24-26H2,1-3H3,(H,36,40)/t28-,33-/m0/s1. The monoisotopic (exact) mass is 597 g/mol. The smallest absolute Gasteiger partial charge is 0.264 e. The van der Waals surface area contributed by atoms with Gasteiger partial charge in [-0.3, -0.25) is 13.9 Å². The van der Waals surface area contributed by atoms with E-state index in [0.717, 1.165) is 21.9 Å². The van der Waals surface area contributed by atoms with E-state index in [0.29, 0.717) is 11.3 Å². The molecule has 0 saturated heterocycles. The second-order valence-corrected chi connectivity index (χ2v) is 12.5. The molecule has 2 amide bonds. The van der Waals surface area contributed by atoms with Gasteiger partial charge >= 0.3 is 0 Å². The number of benzene rings is 4. The molecular formula is C35H39N3O4S. The zero-order chi connectivity index (χ0) is 30.8. The van der Waals surface area contributed by atoms with Crippen LogP contribution >= 0.6 is 0 Å². The van der Waals surface area contributed by atoms with Crippen LogP contribution in [0.25, 0.3) is 0 Å². The molecule has 0 spiro atoms. The lowest BCUT2D eigenvalue weighted by Crippen LogP contribution is -2.54. The Labute approximate surface area is 255 Å². The number of sulfonamides is 1. The molecule has 4 rings (SSSR count). The van der Waals surface area contributed by atoms with Crippen molar-refractivity contribution in [1.82, 2.24) is 10.2 Å². The summed E-state index contributed by atoms with van der Waals surface area (Å²) in [6, 6.07) is 33.2. The number of carbonyl (C=O) groups is 2.